The highest BCUT2D eigenvalue weighted by atomic mass is 16.5. The van der Waals surface area contributed by atoms with Gasteiger partial charge in [-0.2, -0.15) is 0 Å². The quantitative estimate of drug-likeness (QED) is 0.929. The number of amides is 2. The minimum absolute atomic E-state index is 0.0788. The van der Waals surface area contributed by atoms with Crippen molar-refractivity contribution >= 4 is 17.5 Å². The molecule has 1 aromatic rings. The third-order valence-corrected chi connectivity index (χ3v) is 4.88. The standard InChI is InChI=1S/C18H24N2O3/c1-23-16-9-5-6-14(11-16)19-18(22)13-10-17(21)20(12-13)15-7-3-2-4-8-15/h5-6,9,11,13,15H,2-4,7-8,10,12H2,1H3,(H,19,22)/t13-/m0/s1. The molecule has 2 fully saturated rings. The predicted molar refractivity (Wildman–Crippen MR) is 88.3 cm³/mol. The Kier molecular flexibility index (Phi) is 4.84. The van der Waals surface area contributed by atoms with Crippen LogP contribution in [0.3, 0.4) is 0 Å². The molecule has 1 saturated carbocycles. The Hall–Kier alpha value is -2.04. The number of rotatable bonds is 4. The molecule has 1 aliphatic heterocycles. The fraction of sp³-hybridized carbons (Fsp3) is 0.556. The first kappa shape index (κ1) is 15.8. The van der Waals surface area contributed by atoms with E-state index in [-0.39, 0.29) is 17.7 Å². The number of hydrogen-bond acceptors (Lipinski definition) is 3. The van der Waals surface area contributed by atoms with Crippen molar-refractivity contribution in [3.05, 3.63) is 24.3 Å². The van der Waals surface area contributed by atoms with Gasteiger partial charge in [-0.1, -0.05) is 25.3 Å². The lowest BCUT2D eigenvalue weighted by Gasteiger charge is -2.31. The molecule has 0 radical (unpaired) electrons. The van der Waals surface area contributed by atoms with Crippen molar-refractivity contribution in [2.24, 2.45) is 5.92 Å². The van der Waals surface area contributed by atoms with Gasteiger partial charge in [0.15, 0.2) is 0 Å². The van der Waals surface area contributed by atoms with Gasteiger partial charge in [-0.05, 0) is 25.0 Å². The molecule has 23 heavy (non-hydrogen) atoms. The highest BCUT2D eigenvalue weighted by Gasteiger charge is 2.38. The molecule has 1 aromatic carbocycles. The highest BCUT2D eigenvalue weighted by Crippen LogP contribution is 2.29. The first-order valence-electron chi connectivity index (χ1n) is 8.42. The number of carbonyl (C=O) groups is 2. The van der Waals surface area contributed by atoms with Crippen LogP contribution in [0.25, 0.3) is 0 Å². The van der Waals surface area contributed by atoms with Crippen molar-refractivity contribution in [2.75, 3.05) is 19.0 Å². The van der Waals surface area contributed by atoms with E-state index >= 15 is 0 Å². The van der Waals surface area contributed by atoms with Crippen LogP contribution in [-0.2, 0) is 9.59 Å². The molecule has 2 aliphatic rings. The van der Waals surface area contributed by atoms with Crippen LogP contribution in [0.5, 0.6) is 5.75 Å². The van der Waals surface area contributed by atoms with Crippen molar-refractivity contribution in [3.8, 4) is 5.75 Å². The molecule has 5 heteroatoms. The lowest BCUT2D eigenvalue weighted by molar-refractivity contribution is -0.130. The topological polar surface area (TPSA) is 58.6 Å². The fourth-order valence-electron chi connectivity index (χ4n) is 3.60. The summed E-state index contributed by atoms with van der Waals surface area (Å²) in [7, 11) is 1.60. The molecule has 3 rings (SSSR count). The molecule has 5 nitrogen and oxygen atoms in total. The van der Waals surface area contributed by atoms with E-state index in [1.165, 1.54) is 19.3 Å². The summed E-state index contributed by atoms with van der Waals surface area (Å²) in [4.78, 5) is 26.7. The number of nitrogens with one attached hydrogen (secondary N) is 1. The lowest BCUT2D eigenvalue weighted by atomic mass is 9.94. The summed E-state index contributed by atoms with van der Waals surface area (Å²) in [6, 6.07) is 7.62. The normalized spacial score (nSPS) is 22.2. The van der Waals surface area contributed by atoms with Gasteiger partial charge in [-0.25, -0.2) is 0 Å². The van der Waals surface area contributed by atoms with Gasteiger partial charge in [0.2, 0.25) is 11.8 Å². The van der Waals surface area contributed by atoms with Gasteiger partial charge in [0.05, 0.1) is 13.0 Å². The van der Waals surface area contributed by atoms with Crippen LogP contribution >= 0.6 is 0 Å². The molecule has 0 spiro atoms. The summed E-state index contributed by atoms with van der Waals surface area (Å²) in [5.41, 5.74) is 0.706. The number of methoxy groups -OCH3 is 1. The SMILES string of the molecule is COc1cccc(NC(=O)[C@H]2CC(=O)N(C3CCCCC3)C2)c1. The molecule has 0 bridgehead atoms. The predicted octanol–water partition coefficient (Wildman–Crippen LogP) is 2.81. The Morgan fingerprint density at radius 3 is 2.78 bits per heavy atom. The number of likely N-dealkylation sites (tertiary alicyclic amines) is 1. The summed E-state index contributed by atoms with van der Waals surface area (Å²) in [5, 5.41) is 2.90. The van der Waals surface area contributed by atoms with Crippen molar-refractivity contribution in [1.29, 1.82) is 0 Å². The van der Waals surface area contributed by atoms with Crippen molar-refractivity contribution < 1.29 is 14.3 Å². The zero-order valence-corrected chi connectivity index (χ0v) is 13.6. The average Bonchev–Trinajstić information content (AvgIpc) is 2.98. The van der Waals surface area contributed by atoms with Crippen molar-refractivity contribution in [2.45, 2.75) is 44.6 Å². The Labute approximate surface area is 137 Å². The van der Waals surface area contributed by atoms with Gasteiger partial charge in [-0.15, -0.1) is 0 Å². The minimum atomic E-state index is -0.254. The minimum Gasteiger partial charge on any atom is -0.497 e. The first-order chi connectivity index (χ1) is 11.2. The van der Waals surface area contributed by atoms with E-state index in [0.29, 0.717) is 30.4 Å². The van der Waals surface area contributed by atoms with E-state index in [0.717, 1.165) is 12.8 Å². The van der Waals surface area contributed by atoms with Crippen LogP contribution in [0.2, 0.25) is 0 Å². The summed E-state index contributed by atoms with van der Waals surface area (Å²) >= 11 is 0. The summed E-state index contributed by atoms with van der Waals surface area (Å²) < 4.78 is 5.16. The number of nitrogens with zero attached hydrogens (tertiary/aromatic N) is 1. The molecule has 1 heterocycles. The molecule has 0 unspecified atom stereocenters. The third-order valence-electron chi connectivity index (χ3n) is 4.88. The zero-order valence-electron chi connectivity index (χ0n) is 13.6. The van der Waals surface area contributed by atoms with Gasteiger partial charge in [-0.3, -0.25) is 9.59 Å². The van der Waals surface area contributed by atoms with Gasteiger partial charge < -0.3 is 15.0 Å². The Morgan fingerprint density at radius 2 is 2.04 bits per heavy atom. The van der Waals surface area contributed by atoms with Crippen molar-refractivity contribution in [1.82, 2.24) is 4.90 Å². The summed E-state index contributed by atoms with van der Waals surface area (Å²) in [6.45, 7) is 0.555. The van der Waals surface area contributed by atoms with Gasteiger partial charge >= 0.3 is 0 Å². The van der Waals surface area contributed by atoms with Gasteiger partial charge in [0, 0.05) is 30.8 Å². The molecular formula is C18H24N2O3. The second-order valence-corrected chi connectivity index (χ2v) is 6.46. The number of benzene rings is 1. The second kappa shape index (κ2) is 7.02. The number of carbonyl (C=O) groups excluding carboxylic acids is 2. The molecule has 1 aliphatic carbocycles. The lowest BCUT2D eigenvalue weighted by Crippen LogP contribution is -2.38. The van der Waals surface area contributed by atoms with Crippen molar-refractivity contribution in [3.63, 3.8) is 0 Å². The van der Waals surface area contributed by atoms with E-state index < -0.39 is 0 Å². The Balaban J connectivity index is 1.60. The zero-order chi connectivity index (χ0) is 16.2. The average molecular weight is 316 g/mol. The Morgan fingerprint density at radius 1 is 1.26 bits per heavy atom. The number of anilines is 1. The molecule has 0 aromatic heterocycles. The van der Waals surface area contributed by atoms with Crippen LogP contribution < -0.4 is 10.1 Å². The van der Waals surface area contributed by atoms with E-state index in [1.54, 1.807) is 13.2 Å². The molecule has 124 valence electrons. The van der Waals surface area contributed by atoms with E-state index in [4.69, 9.17) is 4.74 Å². The van der Waals surface area contributed by atoms with Gasteiger partial charge in [0.1, 0.15) is 5.75 Å². The largest absolute Gasteiger partial charge is 0.497 e. The maximum absolute atomic E-state index is 12.5. The molecular weight excluding hydrogens is 292 g/mol. The summed E-state index contributed by atoms with van der Waals surface area (Å²) in [6.07, 6.45) is 6.13. The second-order valence-electron chi connectivity index (χ2n) is 6.46. The monoisotopic (exact) mass is 316 g/mol. The number of hydrogen-bond donors (Lipinski definition) is 1. The molecule has 2 amide bonds. The van der Waals surface area contributed by atoms with Crippen LogP contribution in [-0.4, -0.2) is 36.4 Å². The Bertz CT molecular complexity index is 581. The molecule has 1 atom stereocenters. The van der Waals surface area contributed by atoms with E-state index in [2.05, 4.69) is 5.32 Å². The number of ether oxygens (including phenoxy) is 1. The highest BCUT2D eigenvalue weighted by molar-refractivity contribution is 5.97. The smallest absolute Gasteiger partial charge is 0.229 e. The maximum atomic E-state index is 12.5. The van der Waals surface area contributed by atoms with Crippen LogP contribution in [0.15, 0.2) is 24.3 Å². The summed E-state index contributed by atoms with van der Waals surface area (Å²) in [5.74, 6) is 0.498. The van der Waals surface area contributed by atoms with Crippen LogP contribution in [0.4, 0.5) is 5.69 Å². The molecule has 1 saturated heterocycles. The van der Waals surface area contributed by atoms with E-state index in [1.807, 2.05) is 23.1 Å². The molecule has 1 N–H and O–H groups in total. The van der Waals surface area contributed by atoms with Crippen LogP contribution in [0.1, 0.15) is 38.5 Å². The third kappa shape index (κ3) is 3.66. The maximum Gasteiger partial charge on any atom is 0.229 e. The fourth-order valence-corrected chi connectivity index (χ4v) is 3.60. The van der Waals surface area contributed by atoms with Gasteiger partial charge in [0.25, 0.3) is 0 Å². The van der Waals surface area contributed by atoms with E-state index in [9.17, 15) is 9.59 Å². The first-order valence-corrected chi connectivity index (χ1v) is 8.42. The van der Waals surface area contributed by atoms with Crippen LogP contribution in [0, 0.1) is 5.92 Å².